The van der Waals surface area contributed by atoms with Gasteiger partial charge >= 0.3 is 11.9 Å². The number of para-hydroxylation sites is 1. The van der Waals surface area contributed by atoms with Gasteiger partial charge in [-0.3, -0.25) is 9.36 Å². The molecule has 0 saturated carbocycles. The summed E-state index contributed by atoms with van der Waals surface area (Å²) in [5, 5.41) is 5.94. The molecule has 1 amide bonds. The normalized spacial score (nSPS) is 11.7. The monoisotopic (exact) mass is 713 g/mol. The molecular weight excluding hydrogens is 688 g/mol. The van der Waals surface area contributed by atoms with Crippen molar-refractivity contribution in [2.75, 3.05) is 0 Å². The molecule has 1 N–H and O–H groups in total. The standard InChI is InChI=1S/C31H26ClF3N4O4S2.K/c1-2-3-13-27-36-39(25-12-8-7-11-23(25)31(33,34)35)30(41)38(27)19-20-14-15-22(21-9-5-4-6-10-21)26(18-20)45(42,43)37-29(40)28-24(32)16-17-44-28;/h4-12,14-18H,2-3,13,19H2,1H3,(H,37,40);. The second-order valence-electron chi connectivity index (χ2n) is 10.0. The van der Waals surface area contributed by atoms with Gasteiger partial charge in [-0.25, -0.2) is 17.9 Å². The number of nitrogens with one attached hydrogen (secondary N) is 1. The van der Waals surface area contributed by atoms with Gasteiger partial charge in [-0.15, -0.1) is 16.4 Å². The zero-order chi connectivity index (χ0) is 32.4. The summed E-state index contributed by atoms with van der Waals surface area (Å²) >= 11 is 7.04. The summed E-state index contributed by atoms with van der Waals surface area (Å²) < 4.78 is 72.9. The molecule has 0 unspecified atom stereocenters. The van der Waals surface area contributed by atoms with Crippen molar-refractivity contribution >= 4 is 90.3 Å². The predicted molar refractivity (Wildman–Crippen MR) is 172 cm³/mol. The van der Waals surface area contributed by atoms with E-state index in [0.29, 0.717) is 29.5 Å². The van der Waals surface area contributed by atoms with E-state index in [-0.39, 0.29) is 78.5 Å². The molecule has 0 saturated heterocycles. The summed E-state index contributed by atoms with van der Waals surface area (Å²) in [6.07, 6.45) is -3.07. The Balaban J connectivity index is 0.00000480. The van der Waals surface area contributed by atoms with Crippen LogP contribution in [0.15, 0.2) is 93.9 Å². The molecule has 0 bridgehead atoms. The summed E-state index contributed by atoms with van der Waals surface area (Å²) in [5.74, 6) is -0.655. The molecule has 0 atom stereocenters. The molecule has 2 aromatic heterocycles. The van der Waals surface area contributed by atoms with Crippen LogP contribution < -0.4 is 10.4 Å². The van der Waals surface area contributed by atoms with Crippen LogP contribution in [0.4, 0.5) is 13.2 Å². The van der Waals surface area contributed by atoms with Gasteiger partial charge in [0.05, 0.1) is 27.7 Å². The maximum Gasteiger partial charge on any atom is 0.418 e. The van der Waals surface area contributed by atoms with Crippen molar-refractivity contribution in [1.29, 1.82) is 0 Å². The maximum atomic E-state index is 13.8. The minimum Gasteiger partial charge on any atom is -0.274 e. The van der Waals surface area contributed by atoms with Crippen molar-refractivity contribution in [2.45, 2.75) is 43.8 Å². The van der Waals surface area contributed by atoms with Gasteiger partial charge in [0.1, 0.15) is 10.7 Å². The Bertz CT molecular complexity index is 2030. The molecule has 235 valence electrons. The number of benzene rings is 3. The molecule has 0 spiro atoms. The third kappa shape index (κ3) is 7.93. The number of carbonyl (C=O) groups excluding carboxylic acids is 1. The quantitative estimate of drug-likeness (QED) is 0.165. The number of unbranched alkanes of at least 4 members (excludes halogenated alkanes) is 1. The van der Waals surface area contributed by atoms with Gasteiger partial charge in [0.2, 0.25) is 0 Å². The number of aromatic nitrogens is 3. The maximum absolute atomic E-state index is 13.8. The zero-order valence-electron chi connectivity index (χ0n) is 24.7. The minimum absolute atomic E-state index is 0. The van der Waals surface area contributed by atoms with Crippen molar-refractivity contribution in [3.8, 4) is 16.8 Å². The predicted octanol–water partition coefficient (Wildman–Crippen LogP) is 6.56. The largest absolute Gasteiger partial charge is 0.418 e. The Morgan fingerprint density at radius 3 is 2.37 bits per heavy atom. The van der Waals surface area contributed by atoms with Crippen LogP contribution in [0.5, 0.6) is 0 Å². The van der Waals surface area contributed by atoms with Crippen LogP contribution in [-0.2, 0) is 29.2 Å². The van der Waals surface area contributed by atoms with E-state index in [9.17, 15) is 31.2 Å². The molecule has 0 aliphatic carbocycles. The topological polar surface area (TPSA) is 103 Å². The molecule has 46 heavy (non-hydrogen) atoms. The van der Waals surface area contributed by atoms with E-state index in [1.54, 1.807) is 47.8 Å². The van der Waals surface area contributed by atoms with Gasteiger partial charge in [0.25, 0.3) is 15.9 Å². The molecule has 2 heterocycles. The van der Waals surface area contributed by atoms with E-state index < -0.39 is 39.0 Å². The first-order valence-electron chi connectivity index (χ1n) is 13.7. The van der Waals surface area contributed by atoms with Crippen LogP contribution in [-0.4, -0.2) is 80.1 Å². The minimum atomic E-state index is -4.72. The van der Waals surface area contributed by atoms with Crippen LogP contribution in [0.25, 0.3) is 16.8 Å². The van der Waals surface area contributed by atoms with Gasteiger partial charge < -0.3 is 0 Å². The van der Waals surface area contributed by atoms with E-state index >= 15 is 0 Å². The van der Waals surface area contributed by atoms with Gasteiger partial charge in [-0.2, -0.15) is 17.9 Å². The van der Waals surface area contributed by atoms with E-state index in [0.717, 1.165) is 28.5 Å². The van der Waals surface area contributed by atoms with E-state index in [1.807, 2.05) is 6.92 Å². The third-order valence-electron chi connectivity index (χ3n) is 6.94. The number of sulfonamides is 1. The summed E-state index contributed by atoms with van der Waals surface area (Å²) in [4.78, 5) is 26.3. The number of hydrogen-bond donors (Lipinski definition) is 1. The molecule has 5 rings (SSSR count). The number of thiophene rings is 1. The molecule has 15 heteroatoms. The molecule has 1 radical (unpaired) electrons. The fraction of sp³-hybridized carbons (Fsp3) is 0.194. The van der Waals surface area contributed by atoms with Crippen LogP contribution in [0.3, 0.4) is 0 Å². The van der Waals surface area contributed by atoms with Crippen molar-refractivity contribution in [2.24, 2.45) is 0 Å². The van der Waals surface area contributed by atoms with Gasteiger partial charge in [0, 0.05) is 63.4 Å². The van der Waals surface area contributed by atoms with E-state index in [1.165, 1.54) is 34.9 Å². The molecule has 5 aromatic rings. The van der Waals surface area contributed by atoms with Crippen LogP contribution >= 0.6 is 22.9 Å². The van der Waals surface area contributed by atoms with Gasteiger partial charge in [-0.05, 0) is 47.2 Å². The summed E-state index contributed by atoms with van der Waals surface area (Å²) in [5.41, 5.74) is -1.03. The number of nitrogens with zero attached hydrogens (tertiary/aromatic N) is 3. The summed E-state index contributed by atoms with van der Waals surface area (Å²) in [7, 11) is -4.47. The van der Waals surface area contributed by atoms with Crippen LogP contribution in [0.1, 0.15) is 46.4 Å². The number of aryl methyl sites for hydroxylation is 1. The fourth-order valence-electron chi connectivity index (χ4n) is 4.78. The Kier molecular flexibility index (Phi) is 11.9. The Morgan fingerprint density at radius 1 is 1.02 bits per heavy atom. The average molecular weight is 714 g/mol. The molecule has 0 fully saturated rings. The van der Waals surface area contributed by atoms with Crippen molar-refractivity contribution < 1.29 is 26.4 Å². The molecule has 3 aromatic carbocycles. The number of rotatable bonds is 10. The van der Waals surface area contributed by atoms with Crippen LogP contribution in [0, 0.1) is 0 Å². The first-order valence-corrected chi connectivity index (χ1v) is 16.5. The molecule has 0 aliphatic heterocycles. The van der Waals surface area contributed by atoms with Crippen LogP contribution in [0.2, 0.25) is 5.02 Å². The number of amides is 1. The van der Waals surface area contributed by atoms with Crippen molar-refractivity contribution in [3.63, 3.8) is 0 Å². The number of hydrogen-bond acceptors (Lipinski definition) is 6. The van der Waals surface area contributed by atoms with E-state index in [2.05, 4.69) is 9.82 Å². The molecule has 0 aliphatic rings. The first-order chi connectivity index (χ1) is 21.4. The van der Waals surface area contributed by atoms with E-state index in [4.69, 9.17) is 11.6 Å². The summed E-state index contributed by atoms with van der Waals surface area (Å²) in [6, 6.07) is 19.3. The Hall–Kier alpha value is -2.56. The first kappa shape index (κ1) is 36.3. The Labute approximate surface area is 314 Å². The number of halogens is 4. The average Bonchev–Trinajstić information content (AvgIpc) is 3.58. The zero-order valence-corrected chi connectivity index (χ0v) is 30.2. The SMILES string of the molecule is CCCCc1nn(-c2ccccc2C(F)(F)F)c(=O)n1Cc1ccc(-c2ccccc2)c(S(=O)(=O)NC(=O)c2sccc2Cl)c1.[K]. The number of carbonyl (C=O) groups is 1. The second-order valence-corrected chi connectivity index (χ2v) is 13.0. The smallest absolute Gasteiger partial charge is 0.274 e. The molecule has 8 nitrogen and oxygen atoms in total. The van der Waals surface area contributed by atoms with Gasteiger partial charge in [0.15, 0.2) is 0 Å². The number of alkyl halides is 3. The van der Waals surface area contributed by atoms with Gasteiger partial charge in [-0.1, -0.05) is 79.5 Å². The third-order valence-corrected chi connectivity index (χ3v) is 9.65. The molecular formula is C31H26ClF3KN4O4S2. The second kappa shape index (κ2) is 15.1. The fourth-order valence-corrected chi connectivity index (χ4v) is 7.11. The summed E-state index contributed by atoms with van der Waals surface area (Å²) in [6.45, 7) is 1.74. The Morgan fingerprint density at radius 2 is 1.72 bits per heavy atom. The van der Waals surface area contributed by atoms with Crippen molar-refractivity contribution in [1.82, 2.24) is 19.1 Å². The van der Waals surface area contributed by atoms with Crippen molar-refractivity contribution in [3.05, 3.63) is 122 Å².